The molecule has 5 heteroatoms. The van der Waals surface area contributed by atoms with E-state index in [1.54, 1.807) is 13.8 Å². The minimum Gasteiger partial charge on any atom is -0.394 e. The molecule has 0 radical (unpaired) electrons. The molecule has 2 unspecified atom stereocenters. The predicted octanol–water partition coefficient (Wildman–Crippen LogP) is 0.0126. The fourth-order valence-corrected chi connectivity index (χ4v) is 1.60. The van der Waals surface area contributed by atoms with Gasteiger partial charge in [0.05, 0.1) is 24.8 Å². The highest BCUT2D eigenvalue weighted by molar-refractivity contribution is 5.81. The van der Waals surface area contributed by atoms with Gasteiger partial charge in [0, 0.05) is 6.04 Å². The van der Waals surface area contributed by atoms with Gasteiger partial charge in [0.2, 0.25) is 5.91 Å². The van der Waals surface area contributed by atoms with Gasteiger partial charge >= 0.3 is 0 Å². The largest absolute Gasteiger partial charge is 0.394 e. The lowest BCUT2D eigenvalue weighted by Crippen LogP contribution is -2.57. The summed E-state index contributed by atoms with van der Waals surface area (Å²) in [6.45, 7) is 6.99. The second-order valence-electron chi connectivity index (χ2n) is 4.94. The van der Waals surface area contributed by atoms with E-state index in [2.05, 4.69) is 17.6 Å². The number of carbonyl (C=O) groups excluding carboxylic acids is 1. The topological polar surface area (TPSA) is 81.6 Å². The summed E-state index contributed by atoms with van der Waals surface area (Å²) in [7, 11) is 0. The summed E-state index contributed by atoms with van der Waals surface area (Å²) in [5.41, 5.74) is -0.829. The van der Waals surface area contributed by atoms with Crippen LogP contribution in [-0.4, -0.2) is 47.0 Å². The number of hydrogen-bond acceptors (Lipinski definition) is 4. The Bertz CT molecular complexity index is 230. The van der Waals surface area contributed by atoms with Crippen LogP contribution in [0.3, 0.4) is 0 Å². The molecule has 0 bridgehead atoms. The lowest BCUT2D eigenvalue weighted by atomic mass is 10.0. The van der Waals surface area contributed by atoms with Crippen molar-refractivity contribution in [2.75, 3.05) is 13.2 Å². The zero-order chi connectivity index (χ0) is 13.5. The third-order valence-electron chi connectivity index (χ3n) is 2.77. The van der Waals surface area contributed by atoms with E-state index in [1.807, 2.05) is 6.92 Å². The predicted molar refractivity (Wildman–Crippen MR) is 67.7 cm³/mol. The standard InChI is InChI=1S/C12H26N2O3/c1-5-6-9(2)13-11(17)10(3)14-12(4,7-15)8-16/h9-10,14-16H,5-8H2,1-4H3,(H,13,17). The maximum absolute atomic E-state index is 11.8. The summed E-state index contributed by atoms with van der Waals surface area (Å²) in [6.07, 6.45) is 1.96. The Hall–Kier alpha value is -0.650. The number of aliphatic hydroxyl groups excluding tert-OH is 2. The second kappa shape index (κ2) is 7.63. The van der Waals surface area contributed by atoms with E-state index < -0.39 is 11.6 Å². The molecule has 5 nitrogen and oxygen atoms in total. The molecule has 0 fully saturated rings. The highest BCUT2D eigenvalue weighted by Gasteiger charge is 2.27. The van der Waals surface area contributed by atoms with Gasteiger partial charge in [0.25, 0.3) is 0 Å². The molecule has 0 heterocycles. The summed E-state index contributed by atoms with van der Waals surface area (Å²) < 4.78 is 0. The maximum atomic E-state index is 11.8. The van der Waals surface area contributed by atoms with Crippen LogP contribution in [0.15, 0.2) is 0 Å². The van der Waals surface area contributed by atoms with Crippen LogP contribution >= 0.6 is 0 Å². The smallest absolute Gasteiger partial charge is 0.237 e. The highest BCUT2D eigenvalue weighted by Crippen LogP contribution is 2.03. The molecule has 17 heavy (non-hydrogen) atoms. The number of rotatable bonds is 8. The van der Waals surface area contributed by atoms with Gasteiger partial charge in [0.1, 0.15) is 0 Å². The summed E-state index contributed by atoms with van der Waals surface area (Å²) in [5.74, 6) is -0.112. The molecule has 102 valence electrons. The molecule has 0 aliphatic rings. The first-order chi connectivity index (χ1) is 7.88. The van der Waals surface area contributed by atoms with Crippen molar-refractivity contribution >= 4 is 5.91 Å². The van der Waals surface area contributed by atoms with E-state index in [9.17, 15) is 4.79 Å². The van der Waals surface area contributed by atoms with Crippen LogP contribution < -0.4 is 10.6 Å². The minimum atomic E-state index is -0.829. The first-order valence-electron chi connectivity index (χ1n) is 6.18. The lowest BCUT2D eigenvalue weighted by Gasteiger charge is -2.30. The summed E-state index contributed by atoms with van der Waals surface area (Å²) in [4.78, 5) is 11.8. The zero-order valence-electron chi connectivity index (χ0n) is 11.3. The number of hydrogen-bond donors (Lipinski definition) is 4. The molecule has 4 N–H and O–H groups in total. The van der Waals surface area contributed by atoms with Gasteiger partial charge < -0.3 is 15.5 Å². The molecular weight excluding hydrogens is 220 g/mol. The maximum Gasteiger partial charge on any atom is 0.237 e. The van der Waals surface area contributed by atoms with Crippen molar-refractivity contribution in [2.24, 2.45) is 0 Å². The van der Waals surface area contributed by atoms with Gasteiger partial charge in [-0.15, -0.1) is 0 Å². The molecule has 2 atom stereocenters. The fourth-order valence-electron chi connectivity index (χ4n) is 1.60. The van der Waals surface area contributed by atoms with Gasteiger partial charge in [-0.25, -0.2) is 0 Å². The van der Waals surface area contributed by atoms with E-state index in [0.29, 0.717) is 0 Å². The minimum absolute atomic E-state index is 0.112. The Balaban J connectivity index is 4.22. The molecule has 1 amide bonds. The van der Waals surface area contributed by atoms with Gasteiger partial charge in [-0.3, -0.25) is 10.1 Å². The van der Waals surface area contributed by atoms with Gasteiger partial charge in [-0.2, -0.15) is 0 Å². The number of amides is 1. The molecule has 0 aromatic rings. The Morgan fingerprint density at radius 2 is 1.82 bits per heavy atom. The van der Waals surface area contributed by atoms with Crippen LogP contribution in [0.5, 0.6) is 0 Å². The van der Waals surface area contributed by atoms with Crippen LogP contribution in [0.4, 0.5) is 0 Å². The lowest BCUT2D eigenvalue weighted by molar-refractivity contribution is -0.124. The first kappa shape index (κ1) is 16.4. The van der Waals surface area contributed by atoms with E-state index in [1.165, 1.54) is 0 Å². The monoisotopic (exact) mass is 246 g/mol. The molecule has 0 aromatic heterocycles. The van der Waals surface area contributed by atoms with E-state index in [0.717, 1.165) is 12.8 Å². The van der Waals surface area contributed by atoms with Crippen LogP contribution in [0.2, 0.25) is 0 Å². The molecule has 0 saturated carbocycles. The van der Waals surface area contributed by atoms with Gasteiger partial charge in [-0.1, -0.05) is 13.3 Å². The van der Waals surface area contributed by atoms with Gasteiger partial charge in [0.15, 0.2) is 0 Å². The molecule has 0 saturated heterocycles. The van der Waals surface area contributed by atoms with Crippen molar-refractivity contribution in [1.82, 2.24) is 10.6 Å². The highest BCUT2D eigenvalue weighted by atomic mass is 16.3. The summed E-state index contributed by atoms with van der Waals surface area (Å²) >= 11 is 0. The molecule has 0 spiro atoms. The normalized spacial score (nSPS) is 15.4. The third-order valence-corrected chi connectivity index (χ3v) is 2.77. The molecule has 0 aromatic carbocycles. The van der Waals surface area contributed by atoms with Crippen LogP contribution in [-0.2, 0) is 4.79 Å². The van der Waals surface area contributed by atoms with Gasteiger partial charge in [-0.05, 0) is 27.2 Å². The zero-order valence-corrected chi connectivity index (χ0v) is 11.3. The Labute approximate surface area is 104 Å². The van der Waals surface area contributed by atoms with E-state index >= 15 is 0 Å². The van der Waals surface area contributed by atoms with Crippen LogP contribution in [0.1, 0.15) is 40.5 Å². The molecule has 0 rings (SSSR count). The average molecular weight is 246 g/mol. The number of aliphatic hydroxyl groups is 2. The quantitative estimate of drug-likeness (QED) is 0.486. The Kier molecular flexibility index (Phi) is 7.34. The van der Waals surface area contributed by atoms with E-state index in [-0.39, 0.29) is 25.2 Å². The Morgan fingerprint density at radius 1 is 1.29 bits per heavy atom. The third kappa shape index (κ3) is 6.00. The van der Waals surface area contributed by atoms with Crippen molar-refractivity contribution in [3.8, 4) is 0 Å². The molecular formula is C12H26N2O3. The summed E-state index contributed by atoms with van der Waals surface area (Å²) in [6, 6.07) is -0.301. The average Bonchev–Trinajstić information content (AvgIpc) is 2.28. The van der Waals surface area contributed by atoms with Crippen molar-refractivity contribution in [2.45, 2.75) is 58.2 Å². The number of carbonyl (C=O) groups is 1. The van der Waals surface area contributed by atoms with Crippen molar-refractivity contribution < 1.29 is 15.0 Å². The van der Waals surface area contributed by atoms with E-state index in [4.69, 9.17) is 10.2 Å². The Morgan fingerprint density at radius 3 is 2.24 bits per heavy atom. The fraction of sp³-hybridized carbons (Fsp3) is 0.917. The second-order valence-corrected chi connectivity index (χ2v) is 4.94. The van der Waals surface area contributed by atoms with Crippen molar-refractivity contribution in [3.05, 3.63) is 0 Å². The molecule has 0 aliphatic heterocycles. The number of nitrogens with one attached hydrogen (secondary N) is 2. The van der Waals surface area contributed by atoms with Crippen molar-refractivity contribution in [1.29, 1.82) is 0 Å². The summed E-state index contributed by atoms with van der Waals surface area (Å²) in [5, 5.41) is 24.1. The van der Waals surface area contributed by atoms with Crippen LogP contribution in [0, 0.1) is 0 Å². The SMILES string of the molecule is CCCC(C)NC(=O)C(C)NC(C)(CO)CO. The molecule has 0 aliphatic carbocycles. The first-order valence-corrected chi connectivity index (χ1v) is 6.18. The van der Waals surface area contributed by atoms with Crippen molar-refractivity contribution in [3.63, 3.8) is 0 Å². The van der Waals surface area contributed by atoms with Crippen LogP contribution in [0.25, 0.3) is 0 Å².